The van der Waals surface area contributed by atoms with Gasteiger partial charge in [0.2, 0.25) is 0 Å². The third-order valence-electron chi connectivity index (χ3n) is 2.58. The Morgan fingerprint density at radius 2 is 2.33 bits per heavy atom. The SMILES string of the molecule is CCOC1Nc2c(Cl)ccc([N+](=O)[O-])c2C1=C=O. The summed E-state index contributed by atoms with van der Waals surface area (Å²) in [6.45, 7) is 2.10. The van der Waals surface area contributed by atoms with E-state index in [1.165, 1.54) is 12.1 Å². The molecule has 1 aromatic rings. The van der Waals surface area contributed by atoms with Gasteiger partial charge in [0.1, 0.15) is 11.5 Å². The summed E-state index contributed by atoms with van der Waals surface area (Å²) in [5.74, 6) is 1.69. The molecule has 0 saturated heterocycles. The molecule has 1 unspecified atom stereocenters. The number of carbonyl (C=O) groups excluding carboxylic acids is 1. The fourth-order valence-electron chi connectivity index (χ4n) is 1.86. The average Bonchev–Trinajstić information content (AvgIpc) is 2.69. The second-order valence-corrected chi connectivity index (χ2v) is 3.98. The quantitative estimate of drug-likeness (QED) is 0.516. The molecular weight excluding hydrogens is 260 g/mol. The van der Waals surface area contributed by atoms with Crippen LogP contribution in [0.25, 0.3) is 5.57 Å². The van der Waals surface area contributed by atoms with Gasteiger partial charge in [0, 0.05) is 12.7 Å². The first-order chi connectivity index (χ1) is 8.60. The molecule has 0 radical (unpaired) electrons. The molecule has 0 spiro atoms. The first-order valence-electron chi connectivity index (χ1n) is 5.20. The summed E-state index contributed by atoms with van der Waals surface area (Å²) >= 11 is 5.95. The number of nitrogens with one attached hydrogen (secondary N) is 1. The van der Waals surface area contributed by atoms with Crippen LogP contribution in [0, 0.1) is 10.1 Å². The van der Waals surface area contributed by atoms with Crippen LogP contribution in [0.2, 0.25) is 5.02 Å². The van der Waals surface area contributed by atoms with Crippen LogP contribution in [-0.2, 0) is 9.53 Å². The van der Waals surface area contributed by atoms with Crippen molar-refractivity contribution >= 4 is 34.5 Å². The molecule has 1 aliphatic rings. The van der Waals surface area contributed by atoms with Crippen molar-refractivity contribution < 1.29 is 14.5 Å². The number of benzene rings is 1. The summed E-state index contributed by atoms with van der Waals surface area (Å²) in [4.78, 5) is 21.4. The van der Waals surface area contributed by atoms with Gasteiger partial charge in [0.15, 0.2) is 6.23 Å². The lowest BCUT2D eigenvalue weighted by molar-refractivity contribution is -0.385. The second kappa shape index (κ2) is 4.78. The number of fused-ring (bicyclic) bond motifs is 1. The van der Waals surface area contributed by atoms with E-state index in [-0.39, 0.29) is 16.8 Å². The molecule has 1 aromatic carbocycles. The highest BCUT2D eigenvalue weighted by atomic mass is 35.5. The van der Waals surface area contributed by atoms with Gasteiger partial charge in [0.05, 0.1) is 21.2 Å². The molecule has 0 aromatic heterocycles. The van der Waals surface area contributed by atoms with E-state index in [1.54, 1.807) is 12.9 Å². The molecule has 0 amide bonds. The Hall–Kier alpha value is -1.88. The van der Waals surface area contributed by atoms with E-state index >= 15 is 0 Å². The van der Waals surface area contributed by atoms with Gasteiger partial charge in [0.25, 0.3) is 5.69 Å². The summed E-state index contributed by atoms with van der Waals surface area (Å²) in [6, 6.07) is 2.66. The number of halogens is 1. The normalized spacial score (nSPS) is 17.0. The maximum atomic E-state index is 11.0. The number of nitro benzene ring substituents is 1. The van der Waals surface area contributed by atoms with Gasteiger partial charge in [-0.25, -0.2) is 4.79 Å². The zero-order valence-electron chi connectivity index (χ0n) is 9.40. The molecule has 2 rings (SSSR count). The number of hydrogen-bond acceptors (Lipinski definition) is 5. The van der Waals surface area contributed by atoms with Crippen molar-refractivity contribution in [3.63, 3.8) is 0 Å². The third kappa shape index (κ3) is 1.86. The summed E-state index contributed by atoms with van der Waals surface area (Å²) in [5.41, 5.74) is 0.368. The fourth-order valence-corrected chi connectivity index (χ4v) is 2.07. The molecule has 6 nitrogen and oxygen atoms in total. The highest BCUT2D eigenvalue weighted by Gasteiger charge is 2.36. The molecule has 1 aliphatic heterocycles. The first kappa shape index (κ1) is 12.6. The van der Waals surface area contributed by atoms with Gasteiger partial charge in [-0.05, 0) is 13.0 Å². The predicted molar refractivity (Wildman–Crippen MR) is 66.2 cm³/mol. The lowest BCUT2D eigenvalue weighted by Crippen LogP contribution is -2.19. The topological polar surface area (TPSA) is 81.5 Å². The fraction of sp³-hybridized carbons (Fsp3) is 0.273. The number of hydrogen-bond donors (Lipinski definition) is 1. The third-order valence-corrected chi connectivity index (χ3v) is 2.89. The van der Waals surface area contributed by atoms with Crippen LogP contribution in [0.5, 0.6) is 0 Å². The Morgan fingerprint density at radius 3 is 2.89 bits per heavy atom. The number of nitrogens with zero attached hydrogens (tertiary/aromatic N) is 1. The van der Waals surface area contributed by atoms with Crippen LogP contribution < -0.4 is 5.32 Å². The standard InChI is InChI=1S/C11H9ClN2O4/c1-2-18-11-6(5-15)9-8(14(16)17)4-3-7(12)10(9)13-11/h3-4,11,13H,2H2,1H3. The van der Waals surface area contributed by atoms with Gasteiger partial charge in [-0.15, -0.1) is 0 Å². The number of ether oxygens (including phenoxy) is 1. The van der Waals surface area contributed by atoms with E-state index < -0.39 is 11.2 Å². The van der Waals surface area contributed by atoms with Gasteiger partial charge in [-0.3, -0.25) is 10.1 Å². The molecule has 94 valence electrons. The first-order valence-corrected chi connectivity index (χ1v) is 5.58. The lowest BCUT2D eigenvalue weighted by Gasteiger charge is -2.10. The largest absolute Gasteiger partial charge is 0.354 e. The molecule has 0 saturated carbocycles. The van der Waals surface area contributed by atoms with Crippen LogP contribution in [0.3, 0.4) is 0 Å². The molecule has 1 heterocycles. The van der Waals surface area contributed by atoms with Crippen molar-refractivity contribution in [1.29, 1.82) is 0 Å². The second-order valence-electron chi connectivity index (χ2n) is 3.57. The van der Waals surface area contributed by atoms with E-state index in [0.717, 1.165) is 0 Å². The van der Waals surface area contributed by atoms with Crippen molar-refractivity contribution in [3.8, 4) is 0 Å². The maximum Gasteiger partial charge on any atom is 0.279 e. The minimum Gasteiger partial charge on any atom is -0.354 e. The van der Waals surface area contributed by atoms with E-state index in [4.69, 9.17) is 16.3 Å². The number of rotatable bonds is 3. The Labute approximate surface area is 107 Å². The van der Waals surface area contributed by atoms with Crippen LogP contribution in [0.4, 0.5) is 11.4 Å². The van der Waals surface area contributed by atoms with E-state index in [2.05, 4.69) is 5.32 Å². The predicted octanol–water partition coefficient (Wildman–Crippen LogP) is 2.25. The Bertz CT molecular complexity index is 566. The summed E-state index contributed by atoms with van der Waals surface area (Å²) in [7, 11) is 0. The number of anilines is 1. The molecule has 0 aliphatic carbocycles. The van der Waals surface area contributed by atoms with Crippen LogP contribution >= 0.6 is 11.6 Å². The Balaban J connectivity index is 2.63. The van der Waals surface area contributed by atoms with E-state index in [1.807, 2.05) is 0 Å². The Kier molecular flexibility index (Phi) is 3.34. The zero-order chi connectivity index (χ0) is 13.3. The lowest BCUT2D eigenvalue weighted by atomic mass is 10.1. The summed E-state index contributed by atoms with van der Waals surface area (Å²) in [5, 5.41) is 14.1. The van der Waals surface area contributed by atoms with Crippen molar-refractivity contribution in [1.82, 2.24) is 0 Å². The van der Waals surface area contributed by atoms with Gasteiger partial charge in [-0.1, -0.05) is 11.6 Å². The summed E-state index contributed by atoms with van der Waals surface area (Å²) < 4.78 is 5.29. The molecule has 1 N–H and O–H groups in total. The van der Waals surface area contributed by atoms with Crippen LogP contribution in [0.1, 0.15) is 12.5 Å². The van der Waals surface area contributed by atoms with Crippen molar-refractivity contribution in [2.24, 2.45) is 0 Å². The highest BCUT2D eigenvalue weighted by Crippen LogP contribution is 2.44. The smallest absolute Gasteiger partial charge is 0.279 e. The van der Waals surface area contributed by atoms with Crippen LogP contribution in [-0.4, -0.2) is 23.7 Å². The zero-order valence-corrected chi connectivity index (χ0v) is 10.2. The number of nitro groups is 1. The maximum absolute atomic E-state index is 11.0. The monoisotopic (exact) mass is 268 g/mol. The molecule has 0 fully saturated rings. The van der Waals surface area contributed by atoms with Crippen molar-refractivity contribution in [3.05, 3.63) is 32.8 Å². The summed E-state index contributed by atoms with van der Waals surface area (Å²) in [6.07, 6.45) is -0.749. The van der Waals surface area contributed by atoms with Gasteiger partial charge >= 0.3 is 0 Å². The van der Waals surface area contributed by atoms with Crippen molar-refractivity contribution in [2.75, 3.05) is 11.9 Å². The minimum atomic E-state index is -0.749. The molecular formula is C11H9ClN2O4. The highest BCUT2D eigenvalue weighted by molar-refractivity contribution is 6.34. The Morgan fingerprint density at radius 1 is 1.61 bits per heavy atom. The van der Waals surface area contributed by atoms with Crippen molar-refractivity contribution in [2.45, 2.75) is 13.2 Å². The van der Waals surface area contributed by atoms with Crippen LogP contribution in [0.15, 0.2) is 12.1 Å². The average molecular weight is 269 g/mol. The van der Waals surface area contributed by atoms with Gasteiger partial charge < -0.3 is 10.1 Å². The molecule has 7 heteroatoms. The molecule has 1 atom stereocenters. The minimum absolute atomic E-state index is 0.0704. The van der Waals surface area contributed by atoms with E-state index in [0.29, 0.717) is 17.3 Å². The molecule has 18 heavy (non-hydrogen) atoms. The van der Waals surface area contributed by atoms with E-state index in [9.17, 15) is 14.9 Å². The molecule has 0 bridgehead atoms. The van der Waals surface area contributed by atoms with Gasteiger partial charge in [-0.2, -0.15) is 0 Å².